The number of ether oxygens (including phenoxy) is 1. The first-order valence-electron chi connectivity index (χ1n) is 7.90. The number of allylic oxidation sites excluding steroid dienone is 2. The number of hydrogen-bond donors (Lipinski definition) is 0. The van der Waals surface area contributed by atoms with Crippen molar-refractivity contribution in [3.8, 4) is 0 Å². The maximum atomic E-state index is 13.9. The fourth-order valence-electron chi connectivity index (χ4n) is 3.49. The molecule has 0 aromatic heterocycles. The summed E-state index contributed by atoms with van der Waals surface area (Å²) in [6, 6.07) is 0. The first-order chi connectivity index (χ1) is 9.27. The minimum atomic E-state index is -2.73. The topological polar surface area (TPSA) is 9.23 Å². The summed E-state index contributed by atoms with van der Waals surface area (Å²) in [5, 5.41) is 0. The predicted molar refractivity (Wildman–Crippen MR) is 78.0 cm³/mol. The van der Waals surface area contributed by atoms with Gasteiger partial charge in [0, 0.05) is 5.41 Å². The van der Waals surface area contributed by atoms with Gasteiger partial charge in [0.2, 0.25) is 0 Å². The first kappa shape index (κ1) is 15.9. The molecule has 0 aromatic rings. The monoisotopic (exact) mass is 286 g/mol. The zero-order valence-corrected chi connectivity index (χ0v) is 13.1. The van der Waals surface area contributed by atoms with Gasteiger partial charge >= 0.3 is 0 Å². The molecule has 0 N–H and O–H groups in total. The molecule has 2 unspecified atom stereocenters. The van der Waals surface area contributed by atoms with Gasteiger partial charge in [-0.25, -0.2) is 8.78 Å². The van der Waals surface area contributed by atoms with E-state index < -0.39 is 11.3 Å². The average Bonchev–Trinajstić information content (AvgIpc) is 2.77. The van der Waals surface area contributed by atoms with Gasteiger partial charge < -0.3 is 4.74 Å². The highest BCUT2D eigenvalue weighted by atomic mass is 19.3. The largest absolute Gasteiger partial charge is 0.381 e. The Kier molecular flexibility index (Phi) is 4.58. The maximum Gasteiger partial charge on any atom is 0.271 e. The third-order valence-electron chi connectivity index (χ3n) is 5.19. The molecule has 20 heavy (non-hydrogen) atoms. The Labute approximate surface area is 121 Å². The van der Waals surface area contributed by atoms with Gasteiger partial charge in [0.1, 0.15) is 0 Å². The van der Waals surface area contributed by atoms with E-state index in [-0.39, 0.29) is 5.41 Å². The van der Waals surface area contributed by atoms with Gasteiger partial charge in [0.05, 0.1) is 13.2 Å². The predicted octanol–water partition coefficient (Wildman–Crippen LogP) is 5.21. The standard InChI is InChI=1S/C17H28F2O/c1-15(2,3)17(18,19)11-7-6-10-16-9-5-4-8-14(16)12-20-13-16/h7,11,14H,4-6,8-10,12-13H2,1-3H3/b11-7+. The molecule has 0 radical (unpaired) electrons. The molecular weight excluding hydrogens is 258 g/mol. The van der Waals surface area contributed by atoms with Gasteiger partial charge in [0.25, 0.3) is 5.92 Å². The number of hydrogen-bond acceptors (Lipinski definition) is 1. The van der Waals surface area contributed by atoms with Crippen LogP contribution in [-0.2, 0) is 4.74 Å². The summed E-state index contributed by atoms with van der Waals surface area (Å²) >= 11 is 0. The van der Waals surface area contributed by atoms with Crippen LogP contribution in [-0.4, -0.2) is 19.1 Å². The smallest absolute Gasteiger partial charge is 0.271 e. The normalized spacial score (nSPS) is 31.8. The molecule has 0 aromatic carbocycles. The molecule has 2 atom stereocenters. The Morgan fingerprint density at radius 2 is 2.00 bits per heavy atom. The highest BCUT2D eigenvalue weighted by Gasteiger charge is 2.44. The Morgan fingerprint density at radius 3 is 2.70 bits per heavy atom. The van der Waals surface area contributed by atoms with Crippen molar-refractivity contribution < 1.29 is 13.5 Å². The van der Waals surface area contributed by atoms with Crippen LogP contribution in [0.1, 0.15) is 59.3 Å². The quantitative estimate of drug-likeness (QED) is 0.644. The number of halogens is 2. The zero-order valence-electron chi connectivity index (χ0n) is 13.1. The Morgan fingerprint density at radius 1 is 1.25 bits per heavy atom. The molecule has 0 amide bonds. The molecule has 0 bridgehead atoms. The molecular formula is C17H28F2O. The van der Waals surface area contributed by atoms with Crippen molar-refractivity contribution in [2.24, 2.45) is 16.7 Å². The van der Waals surface area contributed by atoms with E-state index in [0.29, 0.717) is 5.92 Å². The van der Waals surface area contributed by atoms with E-state index in [1.165, 1.54) is 25.7 Å². The summed E-state index contributed by atoms with van der Waals surface area (Å²) < 4.78 is 33.4. The number of fused-ring (bicyclic) bond motifs is 1. The molecule has 2 fully saturated rings. The maximum absolute atomic E-state index is 13.9. The van der Waals surface area contributed by atoms with Crippen LogP contribution in [0.4, 0.5) is 8.78 Å². The van der Waals surface area contributed by atoms with Crippen molar-refractivity contribution in [2.45, 2.75) is 65.2 Å². The minimum absolute atomic E-state index is 0.277. The molecule has 1 saturated carbocycles. The number of rotatable bonds is 4. The van der Waals surface area contributed by atoms with Crippen molar-refractivity contribution in [3.63, 3.8) is 0 Å². The fraction of sp³-hybridized carbons (Fsp3) is 0.882. The number of alkyl halides is 2. The summed E-state index contributed by atoms with van der Waals surface area (Å²) in [5.41, 5.74) is -0.731. The molecule has 1 aliphatic heterocycles. The zero-order chi connectivity index (χ0) is 14.9. The molecule has 2 rings (SSSR count). The molecule has 1 aliphatic carbocycles. The van der Waals surface area contributed by atoms with Crippen LogP contribution in [0.5, 0.6) is 0 Å². The van der Waals surface area contributed by atoms with E-state index in [0.717, 1.165) is 32.1 Å². The van der Waals surface area contributed by atoms with E-state index in [2.05, 4.69) is 0 Å². The van der Waals surface area contributed by atoms with Crippen LogP contribution in [0.25, 0.3) is 0 Å². The van der Waals surface area contributed by atoms with Gasteiger partial charge in [0.15, 0.2) is 0 Å². The van der Waals surface area contributed by atoms with Gasteiger partial charge in [-0.2, -0.15) is 0 Å². The highest BCUT2D eigenvalue weighted by Crippen LogP contribution is 2.49. The van der Waals surface area contributed by atoms with Crippen molar-refractivity contribution in [2.75, 3.05) is 13.2 Å². The van der Waals surface area contributed by atoms with Crippen LogP contribution >= 0.6 is 0 Å². The molecule has 3 heteroatoms. The van der Waals surface area contributed by atoms with Crippen LogP contribution in [0, 0.1) is 16.7 Å². The van der Waals surface area contributed by atoms with Gasteiger partial charge in [-0.15, -0.1) is 0 Å². The van der Waals surface area contributed by atoms with E-state index >= 15 is 0 Å². The summed E-state index contributed by atoms with van der Waals surface area (Å²) in [6.07, 6.45) is 9.56. The molecule has 116 valence electrons. The van der Waals surface area contributed by atoms with Crippen LogP contribution < -0.4 is 0 Å². The first-order valence-corrected chi connectivity index (χ1v) is 7.90. The molecule has 1 nitrogen and oxygen atoms in total. The van der Waals surface area contributed by atoms with E-state index in [1.807, 2.05) is 0 Å². The molecule has 1 heterocycles. The second-order valence-electron chi connectivity index (χ2n) is 7.63. The molecule has 0 spiro atoms. The summed E-state index contributed by atoms with van der Waals surface area (Å²) in [7, 11) is 0. The highest BCUT2D eigenvalue weighted by molar-refractivity contribution is 5.02. The second kappa shape index (κ2) is 5.75. The minimum Gasteiger partial charge on any atom is -0.381 e. The lowest BCUT2D eigenvalue weighted by Gasteiger charge is -2.37. The van der Waals surface area contributed by atoms with E-state index in [9.17, 15) is 8.78 Å². The van der Waals surface area contributed by atoms with Crippen molar-refractivity contribution in [3.05, 3.63) is 12.2 Å². The summed E-state index contributed by atoms with van der Waals surface area (Å²) in [6.45, 7) is 6.46. The van der Waals surface area contributed by atoms with Gasteiger partial charge in [-0.05, 0) is 43.1 Å². The van der Waals surface area contributed by atoms with Crippen molar-refractivity contribution in [1.29, 1.82) is 0 Å². The van der Waals surface area contributed by atoms with E-state index in [4.69, 9.17) is 4.74 Å². The lowest BCUT2D eigenvalue weighted by atomic mass is 9.66. The SMILES string of the molecule is CC(C)(C)C(F)(F)/C=C/CCC12CCCCC1COC2. The van der Waals surface area contributed by atoms with Crippen molar-refractivity contribution in [1.82, 2.24) is 0 Å². The lowest BCUT2D eigenvalue weighted by molar-refractivity contribution is -0.0502. The van der Waals surface area contributed by atoms with Crippen LogP contribution in [0.2, 0.25) is 0 Å². The van der Waals surface area contributed by atoms with Crippen LogP contribution in [0.3, 0.4) is 0 Å². The lowest BCUT2D eigenvalue weighted by Crippen LogP contribution is -2.33. The summed E-state index contributed by atoms with van der Waals surface area (Å²) in [5.74, 6) is -2.07. The van der Waals surface area contributed by atoms with Gasteiger partial charge in [-0.3, -0.25) is 0 Å². The fourth-order valence-corrected chi connectivity index (χ4v) is 3.49. The Bertz CT molecular complexity index is 356. The summed E-state index contributed by atoms with van der Waals surface area (Å²) in [4.78, 5) is 0. The molecule has 1 saturated heterocycles. The van der Waals surface area contributed by atoms with Crippen molar-refractivity contribution >= 4 is 0 Å². The van der Waals surface area contributed by atoms with E-state index in [1.54, 1.807) is 26.8 Å². The molecule has 2 aliphatic rings. The van der Waals surface area contributed by atoms with Crippen LogP contribution in [0.15, 0.2) is 12.2 Å². The Balaban J connectivity index is 1.89. The Hall–Kier alpha value is -0.440. The van der Waals surface area contributed by atoms with Gasteiger partial charge in [-0.1, -0.05) is 39.7 Å². The average molecular weight is 286 g/mol. The second-order valence-corrected chi connectivity index (χ2v) is 7.63. The third-order valence-corrected chi connectivity index (χ3v) is 5.19. The third kappa shape index (κ3) is 3.24.